The van der Waals surface area contributed by atoms with Gasteiger partial charge in [0, 0.05) is 17.0 Å². The number of carbonyl (C=O) groups is 1. The summed E-state index contributed by atoms with van der Waals surface area (Å²) in [5.74, 6) is 0.808. The summed E-state index contributed by atoms with van der Waals surface area (Å²) in [7, 11) is 0. The molecule has 4 atom stereocenters. The molecule has 2 aliphatic rings. The van der Waals surface area contributed by atoms with E-state index in [-0.39, 0.29) is 30.4 Å². The third-order valence-electron chi connectivity index (χ3n) is 5.50. The van der Waals surface area contributed by atoms with Crippen molar-refractivity contribution in [2.24, 2.45) is 5.92 Å². The first kappa shape index (κ1) is 19.3. The first-order valence-electron chi connectivity index (χ1n) is 9.28. The first-order chi connectivity index (χ1) is 12.2. The molecule has 2 fully saturated rings. The maximum Gasteiger partial charge on any atom is 0.237 e. The van der Waals surface area contributed by atoms with E-state index in [9.17, 15) is 4.79 Å². The lowest BCUT2D eigenvalue weighted by atomic mass is 9.85. The van der Waals surface area contributed by atoms with Gasteiger partial charge in [0.05, 0.1) is 17.8 Å². The molecule has 0 bridgehead atoms. The van der Waals surface area contributed by atoms with Gasteiger partial charge in [-0.05, 0) is 32.1 Å². The predicted octanol–water partition coefficient (Wildman–Crippen LogP) is 4.33. The molecule has 1 aliphatic heterocycles. The molecular weight excluding hydrogens is 366 g/mol. The minimum absolute atomic E-state index is 0. The minimum Gasteiger partial charge on any atom is -0.346 e. The van der Waals surface area contributed by atoms with Crippen LogP contribution in [0.2, 0.25) is 0 Å². The fourth-order valence-electron chi connectivity index (χ4n) is 4.12. The SMILES string of the molecule is CC(NC(=O)C1CC2CCCCC2N1)c1nc(-c2ccccc2)cs1.Cl. The Balaban J connectivity index is 0.00000196. The van der Waals surface area contributed by atoms with Crippen LogP contribution in [0.15, 0.2) is 35.7 Å². The Morgan fingerprint density at radius 1 is 1.27 bits per heavy atom. The highest BCUT2D eigenvalue weighted by atomic mass is 35.5. The van der Waals surface area contributed by atoms with Crippen LogP contribution < -0.4 is 10.6 Å². The number of carbonyl (C=O) groups excluding carboxylic acids is 1. The minimum atomic E-state index is -0.0561. The summed E-state index contributed by atoms with van der Waals surface area (Å²) in [5.41, 5.74) is 2.09. The number of fused-ring (bicyclic) bond motifs is 1. The van der Waals surface area contributed by atoms with Gasteiger partial charge in [0.1, 0.15) is 5.01 Å². The number of amides is 1. The summed E-state index contributed by atoms with van der Waals surface area (Å²) in [6, 6.07) is 10.6. The van der Waals surface area contributed by atoms with E-state index in [1.165, 1.54) is 25.7 Å². The number of rotatable bonds is 4. The number of benzene rings is 1. The molecule has 0 radical (unpaired) electrons. The zero-order valence-corrected chi connectivity index (χ0v) is 16.6. The number of nitrogens with zero attached hydrogens (tertiary/aromatic N) is 1. The Morgan fingerprint density at radius 2 is 2.04 bits per heavy atom. The summed E-state index contributed by atoms with van der Waals surface area (Å²) in [4.78, 5) is 17.4. The van der Waals surface area contributed by atoms with Gasteiger partial charge in [-0.2, -0.15) is 0 Å². The number of hydrogen-bond acceptors (Lipinski definition) is 4. The number of thiazole rings is 1. The van der Waals surface area contributed by atoms with Crippen LogP contribution >= 0.6 is 23.7 Å². The quantitative estimate of drug-likeness (QED) is 0.815. The molecule has 2 heterocycles. The van der Waals surface area contributed by atoms with Gasteiger partial charge < -0.3 is 10.6 Å². The molecule has 1 aromatic carbocycles. The molecule has 4 rings (SSSR count). The summed E-state index contributed by atoms with van der Waals surface area (Å²) in [6.45, 7) is 2.02. The fourth-order valence-corrected chi connectivity index (χ4v) is 4.96. The highest BCUT2D eigenvalue weighted by Gasteiger charge is 2.38. The Bertz CT molecular complexity index is 722. The van der Waals surface area contributed by atoms with Crippen molar-refractivity contribution in [3.8, 4) is 11.3 Å². The van der Waals surface area contributed by atoms with Crippen molar-refractivity contribution >= 4 is 29.7 Å². The van der Waals surface area contributed by atoms with Crippen molar-refractivity contribution < 1.29 is 4.79 Å². The Morgan fingerprint density at radius 3 is 2.81 bits per heavy atom. The van der Waals surface area contributed by atoms with E-state index in [2.05, 4.69) is 28.1 Å². The number of hydrogen-bond donors (Lipinski definition) is 2. The molecule has 6 heteroatoms. The van der Waals surface area contributed by atoms with E-state index in [0.717, 1.165) is 22.7 Å². The molecule has 4 nitrogen and oxygen atoms in total. The summed E-state index contributed by atoms with van der Waals surface area (Å²) >= 11 is 1.61. The Labute approximate surface area is 165 Å². The predicted molar refractivity (Wildman–Crippen MR) is 109 cm³/mol. The zero-order valence-electron chi connectivity index (χ0n) is 15.0. The molecule has 1 saturated heterocycles. The molecule has 1 amide bonds. The lowest BCUT2D eigenvalue weighted by Gasteiger charge is -2.24. The maximum absolute atomic E-state index is 12.7. The lowest BCUT2D eigenvalue weighted by molar-refractivity contribution is -0.123. The molecule has 0 spiro atoms. The largest absolute Gasteiger partial charge is 0.346 e. The van der Waals surface area contributed by atoms with Gasteiger partial charge in [-0.3, -0.25) is 4.79 Å². The van der Waals surface area contributed by atoms with Crippen LogP contribution in [0.1, 0.15) is 50.1 Å². The summed E-state index contributed by atoms with van der Waals surface area (Å²) in [6.07, 6.45) is 6.08. The van der Waals surface area contributed by atoms with Gasteiger partial charge in [-0.25, -0.2) is 4.98 Å². The van der Waals surface area contributed by atoms with E-state index < -0.39 is 0 Å². The van der Waals surface area contributed by atoms with E-state index in [0.29, 0.717) is 12.0 Å². The molecule has 4 unspecified atom stereocenters. The third-order valence-corrected chi connectivity index (χ3v) is 6.53. The second kappa shape index (κ2) is 8.51. The molecular formula is C20H26ClN3OS. The second-order valence-electron chi connectivity index (χ2n) is 7.27. The summed E-state index contributed by atoms with van der Waals surface area (Å²) in [5, 5.41) is 9.74. The van der Waals surface area contributed by atoms with Gasteiger partial charge in [0.15, 0.2) is 0 Å². The Kier molecular flexibility index (Phi) is 6.33. The van der Waals surface area contributed by atoms with E-state index >= 15 is 0 Å². The van der Waals surface area contributed by atoms with Crippen molar-refractivity contribution in [3.63, 3.8) is 0 Å². The number of nitrogens with one attached hydrogen (secondary N) is 2. The van der Waals surface area contributed by atoms with Crippen LogP contribution in [0.5, 0.6) is 0 Å². The van der Waals surface area contributed by atoms with E-state index in [4.69, 9.17) is 4.98 Å². The average Bonchev–Trinajstić information content (AvgIpc) is 3.29. The molecule has 26 heavy (non-hydrogen) atoms. The van der Waals surface area contributed by atoms with Crippen molar-refractivity contribution in [3.05, 3.63) is 40.7 Å². The van der Waals surface area contributed by atoms with Crippen molar-refractivity contribution in [2.75, 3.05) is 0 Å². The zero-order chi connectivity index (χ0) is 17.2. The van der Waals surface area contributed by atoms with E-state index in [1.807, 2.05) is 25.1 Å². The molecule has 2 N–H and O–H groups in total. The fraction of sp³-hybridized carbons (Fsp3) is 0.500. The van der Waals surface area contributed by atoms with Crippen molar-refractivity contribution in [2.45, 2.75) is 57.2 Å². The van der Waals surface area contributed by atoms with Crippen molar-refractivity contribution in [1.29, 1.82) is 0 Å². The van der Waals surface area contributed by atoms with Crippen LogP contribution in [-0.2, 0) is 4.79 Å². The van der Waals surface area contributed by atoms with Gasteiger partial charge in [-0.15, -0.1) is 23.7 Å². The standard InChI is InChI=1S/C20H25N3OS.ClH/c1-13(20-23-18(12-25-20)14-7-3-2-4-8-14)21-19(24)17-11-15-9-5-6-10-16(15)22-17;/h2-4,7-8,12-13,15-17,22H,5-6,9-11H2,1H3,(H,21,24);1H. The number of aromatic nitrogens is 1. The Hall–Kier alpha value is -1.43. The topological polar surface area (TPSA) is 54.0 Å². The molecule has 140 valence electrons. The van der Waals surface area contributed by atoms with Crippen LogP contribution in [0.4, 0.5) is 0 Å². The third kappa shape index (κ3) is 4.11. The maximum atomic E-state index is 12.7. The molecule has 2 aromatic rings. The highest BCUT2D eigenvalue weighted by molar-refractivity contribution is 7.10. The van der Waals surface area contributed by atoms with Crippen molar-refractivity contribution in [1.82, 2.24) is 15.6 Å². The van der Waals surface area contributed by atoms with Crippen LogP contribution in [-0.4, -0.2) is 23.0 Å². The first-order valence-corrected chi connectivity index (χ1v) is 10.2. The van der Waals surface area contributed by atoms with Crippen LogP contribution in [0.3, 0.4) is 0 Å². The molecule has 1 aromatic heterocycles. The summed E-state index contributed by atoms with van der Waals surface area (Å²) < 4.78 is 0. The van der Waals surface area contributed by atoms with Gasteiger partial charge in [0.2, 0.25) is 5.91 Å². The molecule has 1 saturated carbocycles. The van der Waals surface area contributed by atoms with E-state index in [1.54, 1.807) is 11.3 Å². The number of halogens is 1. The molecule has 1 aliphatic carbocycles. The lowest BCUT2D eigenvalue weighted by Crippen LogP contribution is -2.43. The normalized spacial score (nSPS) is 25.8. The smallest absolute Gasteiger partial charge is 0.237 e. The van der Waals surface area contributed by atoms with Crippen LogP contribution in [0, 0.1) is 5.92 Å². The van der Waals surface area contributed by atoms with Crippen LogP contribution in [0.25, 0.3) is 11.3 Å². The van der Waals surface area contributed by atoms with Gasteiger partial charge in [-0.1, -0.05) is 43.2 Å². The monoisotopic (exact) mass is 391 g/mol. The second-order valence-corrected chi connectivity index (χ2v) is 8.16. The van der Waals surface area contributed by atoms with Gasteiger partial charge in [0.25, 0.3) is 0 Å². The average molecular weight is 392 g/mol. The van der Waals surface area contributed by atoms with Gasteiger partial charge >= 0.3 is 0 Å². The highest BCUT2D eigenvalue weighted by Crippen LogP contribution is 2.33.